The Morgan fingerprint density at radius 2 is 1.96 bits per heavy atom. The second kappa shape index (κ2) is 8.04. The van der Waals surface area contributed by atoms with E-state index >= 15 is 0 Å². The molecule has 0 aromatic heterocycles. The van der Waals surface area contributed by atoms with Crippen molar-refractivity contribution in [2.45, 2.75) is 43.4 Å². The molecule has 4 nitrogen and oxygen atoms in total. The van der Waals surface area contributed by atoms with Crippen molar-refractivity contribution in [3.8, 4) is 0 Å². The van der Waals surface area contributed by atoms with E-state index in [4.69, 9.17) is 21.1 Å². The highest BCUT2D eigenvalue weighted by molar-refractivity contribution is 6.32. The van der Waals surface area contributed by atoms with Gasteiger partial charge in [-0.15, -0.1) is 0 Å². The van der Waals surface area contributed by atoms with Crippen LogP contribution in [0.4, 0.5) is 8.78 Å². The monoisotopic (exact) mass is 347 g/mol. The Morgan fingerprint density at radius 3 is 2.52 bits per heavy atom. The molecule has 0 saturated carbocycles. The molecular formula is C16H20ClF2NO3. The summed E-state index contributed by atoms with van der Waals surface area (Å²) >= 11 is 4.77. The van der Waals surface area contributed by atoms with Crippen molar-refractivity contribution in [3.05, 3.63) is 35.9 Å². The van der Waals surface area contributed by atoms with Gasteiger partial charge in [-0.3, -0.25) is 4.79 Å². The maximum Gasteiger partial charge on any atom is 0.399 e. The third kappa shape index (κ3) is 5.41. The van der Waals surface area contributed by atoms with Crippen LogP contribution < -0.4 is 5.32 Å². The van der Waals surface area contributed by atoms with Crippen molar-refractivity contribution in [1.29, 1.82) is 0 Å². The Hall–Kier alpha value is -1.24. The average molecular weight is 348 g/mol. The number of halogens is 3. The lowest BCUT2D eigenvalue weighted by atomic mass is 10.0. The number of benzene rings is 1. The van der Waals surface area contributed by atoms with Crippen molar-refractivity contribution in [3.63, 3.8) is 0 Å². The summed E-state index contributed by atoms with van der Waals surface area (Å²) in [4.78, 5) is 11.4. The molecule has 1 aliphatic rings. The van der Waals surface area contributed by atoms with E-state index in [2.05, 4.69) is 5.32 Å². The Balaban J connectivity index is 2.10. The van der Waals surface area contributed by atoms with E-state index < -0.39 is 23.4 Å². The largest absolute Gasteiger partial charge is 0.399 e. The van der Waals surface area contributed by atoms with E-state index in [1.807, 2.05) is 30.3 Å². The smallest absolute Gasteiger partial charge is 0.381 e. The van der Waals surface area contributed by atoms with Gasteiger partial charge in [-0.05, 0) is 36.9 Å². The summed E-state index contributed by atoms with van der Waals surface area (Å²) in [5, 5.41) is -1.71. The molecule has 1 aromatic carbocycles. The minimum Gasteiger partial charge on any atom is -0.381 e. The highest BCUT2D eigenvalue weighted by atomic mass is 35.5. The molecule has 0 bridgehead atoms. The lowest BCUT2D eigenvalue weighted by Gasteiger charge is -2.32. The predicted molar refractivity (Wildman–Crippen MR) is 82.5 cm³/mol. The van der Waals surface area contributed by atoms with Gasteiger partial charge in [0.05, 0.1) is 12.1 Å². The van der Waals surface area contributed by atoms with Gasteiger partial charge in [0.2, 0.25) is 0 Å². The zero-order valence-corrected chi connectivity index (χ0v) is 13.6. The SMILES string of the molecule is C[C@@H](NC(=O)C(F)(F)Cl)[C@H](OC1CCOCC1)c1ccccc1. The maximum absolute atomic E-state index is 12.9. The van der Waals surface area contributed by atoms with Gasteiger partial charge in [-0.25, -0.2) is 0 Å². The first-order valence-electron chi connectivity index (χ1n) is 7.54. The first kappa shape index (κ1) is 18.1. The van der Waals surface area contributed by atoms with E-state index in [9.17, 15) is 13.6 Å². The second-order valence-corrected chi connectivity index (χ2v) is 6.01. The van der Waals surface area contributed by atoms with Crippen LogP contribution in [-0.2, 0) is 14.3 Å². The van der Waals surface area contributed by atoms with Crippen LogP contribution in [0.1, 0.15) is 31.4 Å². The summed E-state index contributed by atoms with van der Waals surface area (Å²) < 4.78 is 37.2. The Bertz CT molecular complexity index is 504. The van der Waals surface area contributed by atoms with E-state index in [1.165, 1.54) is 0 Å². The Labute approximate surface area is 139 Å². The van der Waals surface area contributed by atoms with E-state index in [0.29, 0.717) is 13.2 Å². The average Bonchev–Trinajstić information content (AvgIpc) is 2.53. The second-order valence-electron chi connectivity index (χ2n) is 5.54. The first-order chi connectivity index (χ1) is 10.9. The molecule has 0 unspecified atom stereocenters. The molecule has 1 aromatic rings. The summed E-state index contributed by atoms with van der Waals surface area (Å²) in [6.45, 7) is 2.83. The van der Waals surface area contributed by atoms with E-state index in [0.717, 1.165) is 18.4 Å². The summed E-state index contributed by atoms with van der Waals surface area (Å²) in [5.41, 5.74) is 0.810. The quantitative estimate of drug-likeness (QED) is 0.803. The summed E-state index contributed by atoms with van der Waals surface area (Å²) in [5.74, 6) is -1.52. The van der Waals surface area contributed by atoms with Gasteiger partial charge in [0.1, 0.15) is 6.10 Å². The zero-order chi connectivity index (χ0) is 16.9. The molecule has 1 fully saturated rings. The molecule has 7 heteroatoms. The fourth-order valence-corrected chi connectivity index (χ4v) is 2.57. The van der Waals surface area contributed by atoms with Gasteiger partial charge < -0.3 is 14.8 Å². The molecule has 1 amide bonds. The fraction of sp³-hybridized carbons (Fsp3) is 0.562. The van der Waals surface area contributed by atoms with Crippen LogP contribution in [0.3, 0.4) is 0 Å². The minimum atomic E-state index is -3.94. The summed E-state index contributed by atoms with van der Waals surface area (Å²) in [6.07, 6.45) is 0.887. The Kier molecular flexibility index (Phi) is 6.33. The minimum absolute atomic E-state index is 0.0372. The Morgan fingerprint density at radius 1 is 1.35 bits per heavy atom. The summed E-state index contributed by atoms with van der Waals surface area (Å²) in [6, 6.07) is 8.54. The molecular weight excluding hydrogens is 328 g/mol. The van der Waals surface area contributed by atoms with Crippen LogP contribution in [0.15, 0.2) is 30.3 Å². The lowest BCUT2D eigenvalue weighted by Crippen LogP contribution is -2.45. The molecule has 0 radical (unpaired) electrons. The van der Waals surface area contributed by atoms with E-state index in [-0.39, 0.29) is 6.10 Å². The van der Waals surface area contributed by atoms with Gasteiger partial charge in [0, 0.05) is 13.2 Å². The lowest BCUT2D eigenvalue weighted by molar-refractivity contribution is -0.139. The van der Waals surface area contributed by atoms with Crippen LogP contribution >= 0.6 is 11.6 Å². The van der Waals surface area contributed by atoms with Crippen LogP contribution in [0.25, 0.3) is 0 Å². The number of ether oxygens (including phenoxy) is 2. The number of hydrogen-bond donors (Lipinski definition) is 1. The normalized spacial score (nSPS) is 19.1. The molecule has 1 N–H and O–H groups in total. The van der Waals surface area contributed by atoms with Gasteiger partial charge in [0.15, 0.2) is 0 Å². The third-order valence-electron chi connectivity index (χ3n) is 3.71. The van der Waals surface area contributed by atoms with Crippen LogP contribution in [-0.4, -0.2) is 36.6 Å². The molecule has 2 atom stereocenters. The molecule has 2 rings (SSSR count). The molecule has 128 valence electrons. The third-order valence-corrected chi connectivity index (χ3v) is 3.88. The molecule has 0 aliphatic carbocycles. The predicted octanol–water partition coefficient (Wildman–Crippen LogP) is 3.26. The number of alkyl halides is 3. The van der Waals surface area contributed by atoms with Crippen molar-refractivity contribution >= 4 is 17.5 Å². The van der Waals surface area contributed by atoms with Gasteiger partial charge in [-0.1, -0.05) is 30.3 Å². The zero-order valence-electron chi connectivity index (χ0n) is 12.8. The highest BCUT2D eigenvalue weighted by Crippen LogP contribution is 2.27. The van der Waals surface area contributed by atoms with Gasteiger partial charge >= 0.3 is 11.3 Å². The van der Waals surface area contributed by atoms with Crippen LogP contribution in [0.2, 0.25) is 0 Å². The van der Waals surface area contributed by atoms with E-state index in [1.54, 1.807) is 6.92 Å². The highest BCUT2D eigenvalue weighted by Gasteiger charge is 2.38. The molecule has 1 aliphatic heterocycles. The standard InChI is InChI=1S/C16H20ClF2NO3/c1-11(20-15(21)16(17,18)19)14(12-5-3-2-4-6-12)23-13-7-9-22-10-8-13/h2-6,11,13-14H,7-10H2,1H3,(H,20,21)/t11-,14+/m1/s1. The summed E-state index contributed by atoms with van der Waals surface area (Å²) in [7, 11) is 0. The number of hydrogen-bond acceptors (Lipinski definition) is 3. The number of nitrogens with one attached hydrogen (secondary N) is 1. The number of rotatable bonds is 6. The number of amides is 1. The van der Waals surface area contributed by atoms with Crippen molar-refractivity contribution in [1.82, 2.24) is 5.32 Å². The number of carbonyl (C=O) groups is 1. The van der Waals surface area contributed by atoms with Gasteiger partial charge in [0.25, 0.3) is 0 Å². The van der Waals surface area contributed by atoms with Gasteiger partial charge in [-0.2, -0.15) is 8.78 Å². The van der Waals surface area contributed by atoms with Crippen molar-refractivity contribution in [2.24, 2.45) is 0 Å². The topological polar surface area (TPSA) is 47.6 Å². The maximum atomic E-state index is 12.9. The molecule has 1 heterocycles. The van der Waals surface area contributed by atoms with Crippen LogP contribution in [0, 0.1) is 0 Å². The molecule has 23 heavy (non-hydrogen) atoms. The van der Waals surface area contributed by atoms with Crippen LogP contribution in [0.5, 0.6) is 0 Å². The number of carbonyl (C=O) groups excluding carboxylic acids is 1. The van der Waals surface area contributed by atoms with Crippen molar-refractivity contribution < 1.29 is 23.0 Å². The van der Waals surface area contributed by atoms with Crippen molar-refractivity contribution in [2.75, 3.05) is 13.2 Å². The molecule has 1 saturated heterocycles. The first-order valence-corrected chi connectivity index (χ1v) is 7.91. The molecule has 0 spiro atoms. The fourth-order valence-electron chi connectivity index (χ4n) is 2.51.